The molecule has 0 unspecified atom stereocenters. The molecule has 0 fully saturated rings. The van der Waals surface area contributed by atoms with Crippen LogP contribution < -0.4 is 10.2 Å². The van der Waals surface area contributed by atoms with Crippen LogP contribution in [-0.2, 0) is 13.1 Å². The van der Waals surface area contributed by atoms with Crippen molar-refractivity contribution < 1.29 is 9.15 Å². The van der Waals surface area contributed by atoms with Crippen LogP contribution in [0.3, 0.4) is 0 Å². The number of hydrogen-bond donors (Lipinski definition) is 0. The van der Waals surface area contributed by atoms with Crippen LogP contribution in [0.5, 0.6) is 5.75 Å². The zero-order valence-electron chi connectivity index (χ0n) is 17.1. The van der Waals surface area contributed by atoms with Gasteiger partial charge in [0.25, 0.3) is 0 Å². The summed E-state index contributed by atoms with van der Waals surface area (Å²) in [7, 11) is 0. The molecule has 1 aromatic heterocycles. The van der Waals surface area contributed by atoms with Crippen molar-refractivity contribution in [1.29, 1.82) is 0 Å². The molecule has 1 aliphatic heterocycles. The smallest absolute Gasteiger partial charge is 0.200 e. The van der Waals surface area contributed by atoms with Gasteiger partial charge in [-0.15, -0.1) is 0 Å². The van der Waals surface area contributed by atoms with E-state index in [0.717, 1.165) is 26.9 Å². The van der Waals surface area contributed by atoms with Gasteiger partial charge in [-0.2, -0.15) is 0 Å². The standard InChI is InChI=1S/C25H18BrCl2NO3/c1-14-23(16-3-5-17(26)6-4-16)24(30)18-7-9-22-19(25(18)32-14)12-29(13-31-22)11-15-2-8-20(27)21(28)10-15/h2-10H,11-13H2,1H3. The Labute approximate surface area is 203 Å². The molecule has 2 heterocycles. The fraction of sp³-hybridized carbons (Fsp3) is 0.160. The van der Waals surface area contributed by atoms with Crippen molar-refractivity contribution in [3.05, 3.63) is 96.2 Å². The van der Waals surface area contributed by atoms with Crippen LogP contribution in [0.1, 0.15) is 16.9 Å². The van der Waals surface area contributed by atoms with Gasteiger partial charge in [0.1, 0.15) is 23.8 Å². The van der Waals surface area contributed by atoms with Crippen LogP contribution in [0.15, 0.2) is 68.3 Å². The Bertz CT molecular complexity index is 1400. The minimum atomic E-state index is -0.0459. The molecule has 5 rings (SSSR count). The molecule has 0 spiro atoms. The average molecular weight is 531 g/mol. The van der Waals surface area contributed by atoms with E-state index in [9.17, 15) is 4.79 Å². The van der Waals surface area contributed by atoms with E-state index < -0.39 is 0 Å². The molecule has 4 nitrogen and oxygen atoms in total. The third kappa shape index (κ3) is 3.95. The lowest BCUT2D eigenvalue weighted by Gasteiger charge is -2.29. The van der Waals surface area contributed by atoms with Crippen LogP contribution in [0.25, 0.3) is 22.1 Å². The maximum absolute atomic E-state index is 13.4. The van der Waals surface area contributed by atoms with Gasteiger partial charge in [-0.1, -0.05) is 57.3 Å². The fourth-order valence-corrected chi connectivity index (χ4v) is 4.65. The van der Waals surface area contributed by atoms with Gasteiger partial charge in [-0.25, -0.2) is 0 Å². The summed E-state index contributed by atoms with van der Waals surface area (Å²) in [5.74, 6) is 1.32. The molecule has 0 N–H and O–H groups in total. The largest absolute Gasteiger partial charge is 0.478 e. The monoisotopic (exact) mass is 529 g/mol. The molecule has 3 aromatic carbocycles. The molecule has 32 heavy (non-hydrogen) atoms. The summed E-state index contributed by atoms with van der Waals surface area (Å²) in [6, 6.07) is 16.9. The van der Waals surface area contributed by atoms with Gasteiger partial charge in [0, 0.05) is 17.6 Å². The highest BCUT2D eigenvalue weighted by atomic mass is 79.9. The minimum Gasteiger partial charge on any atom is -0.478 e. The topological polar surface area (TPSA) is 42.7 Å². The third-order valence-electron chi connectivity index (χ3n) is 5.60. The molecular formula is C25H18BrCl2NO3. The number of halogens is 3. The SMILES string of the molecule is Cc1oc2c3c(ccc2c(=O)c1-c1ccc(Br)cc1)OCN(Cc1ccc(Cl)c(Cl)c1)C3. The number of ether oxygens (including phenoxy) is 1. The average Bonchev–Trinajstić information content (AvgIpc) is 2.77. The van der Waals surface area contributed by atoms with Crippen molar-refractivity contribution in [3.63, 3.8) is 0 Å². The number of fused-ring (bicyclic) bond motifs is 3. The molecule has 0 atom stereocenters. The summed E-state index contributed by atoms with van der Waals surface area (Å²) >= 11 is 15.6. The first kappa shape index (κ1) is 21.5. The molecular weight excluding hydrogens is 513 g/mol. The molecule has 7 heteroatoms. The Hall–Kier alpha value is -2.31. The normalized spacial score (nSPS) is 13.8. The second kappa shape index (κ2) is 8.56. The molecule has 0 aliphatic carbocycles. The van der Waals surface area contributed by atoms with Crippen molar-refractivity contribution in [1.82, 2.24) is 4.90 Å². The van der Waals surface area contributed by atoms with E-state index in [1.54, 1.807) is 12.1 Å². The predicted octanol–water partition coefficient (Wildman–Crippen LogP) is 7.19. The van der Waals surface area contributed by atoms with E-state index >= 15 is 0 Å². The number of nitrogens with zero attached hydrogens (tertiary/aromatic N) is 1. The number of hydrogen-bond acceptors (Lipinski definition) is 4. The molecule has 0 saturated carbocycles. The van der Waals surface area contributed by atoms with Crippen molar-refractivity contribution in [2.24, 2.45) is 0 Å². The van der Waals surface area contributed by atoms with E-state index in [1.807, 2.05) is 49.4 Å². The molecule has 4 aromatic rings. The first-order valence-corrected chi connectivity index (χ1v) is 11.6. The van der Waals surface area contributed by atoms with Crippen molar-refractivity contribution in [3.8, 4) is 16.9 Å². The highest BCUT2D eigenvalue weighted by molar-refractivity contribution is 9.10. The summed E-state index contributed by atoms with van der Waals surface area (Å²) in [5.41, 5.74) is 3.84. The van der Waals surface area contributed by atoms with Crippen LogP contribution in [0.4, 0.5) is 0 Å². The quantitative estimate of drug-likeness (QED) is 0.281. The number of aryl methyl sites for hydroxylation is 1. The Morgan fingerprint density at radius 1 is 1.03 bits per heavy atom. The molecule has 0 radical (unpaired) electrons. The van der Waals surface area contributed by atoms with Crippen molar-refractivity contribution in [2.75, 3.05) is 6.73 Å². The number of benzene rings is 3. The van der Waals surface area contributed by atoms with E-state index in [4.69, 9.17) is 32.4 Å². The Kier molecular flexibility index (Phi) is 5.76. The molecule has 162 valence electrons. The maximum Gasteiger partial charge on any atom is 0.200 e. The van der Waals surface area contributed by atoms with E-state index in [0.29, 0.717) is 52.2 Å². The highest BCUT2D eigenvalue weighted by Crippen LogP contribution is 2.34. The first-order valence-electron chi connectivity index (χ1n) is 10.0. The summed E-state index contributed by atoms with van der Waals surface area (Å²) in [4.78, 5) is 15.5. The zero-order chi connectivity index (χ0) is 22.4. The van der Waals surface area contributed by atoms with Crippen LogP contribution in [0.2, 0.25) is 10.0 Å². The first-order chi connectivity index (χ1) is 15.4. The van der Waals surface area contributed by atoms with Crippen LogP contribution >= 0.6 is 39.1 Å². The maximum atomic E-state index is 13.4. The van der Waals surface area contributed by atoms with Gasteiger partial charge < -0.3 is 9.15 Å². The van der Waals surface area contributed by atoms with Gasteiger partial charge in [0.15, 0.2) is 0 Å². The van der Waals surface area contributed by atoms with Gasteiger partial charge in [-0.3, -0.25) is 9.69 Å². The lowest BCUT2D eigenvalue weighted by molar-refractivity contribution is 0.0890. The van der Waals surface area contributed by atoms with Crippen molar-refractivity contribution in [2.45, 2.75) is 20.0 Å². The highest BCUT2D eigenvalue weighted by Gasteiger charge is 2.24. The Balaban J connectivity index is 1.54. The van der Waals surface area contributed by atoms with Gasteiger partial charge >= 0.3 is 0 Å². The molecule has 0 amide bonds. The third-order valence-corrected chi connectivity index (χ3v) is 6.87. The second-order valence-electron chi connectivity index (χ2n) is 7.80. The van der Waals surface area contributed by atoms with E-state index in [2.05, 4.69) is 20.8 Å². The summed E-state index contributed by atoms with van der Waals surface area (Å²) in [5, 5.41) is 1.60. The summed E-state index contributed by atoms with van der Waals surface area (Å²) in [6.45, 7) is 3.48. The lowest BCUT2D eigenvalue weighted by Crippen LogP contribution is -2.31. The van der Waals surface area contributed by atoms with Gasteiger partial charge in [0.2, 0.25) is 5.43 Å². The van der Waals surface area contributed by atoms with Crippen LogP contribution in [-0.4, -0.2) is 11.6 Å². The molecule has 1 aliphatic rings. The second-order valence-corrected chi connectivity index (χ2v) is 9.53. The number of rotatable bonds is 3. The van der Waals surface area contributed by atoms with E-state index in [-0.39, 0.29) is 5.43 Å². The molecule has 0 bridgehead atoms. The lowest BCUT2D eigenvalue weighted by atomic mass is 10.0. The molecule has 0 saturated heterocycles. The predicted molar refractivity (Wildman–Crippen MR) is 132 cm³/mol. The summed E-state index contributed by atoms with van der Waals surface area (Å²) < 4.78 is 13.2. The fourth-order valence-electron chi connectivity index (χ4n) is 4.07. The van der Waals surface area contributed by atoms with Gasteiger partial charge in [-0.05, 0) is 54.4 Å². The summed E-state index contributed by atoms with van der Waals surface area (Å²) in [6.07, 6.45) is 0. The van der Waals surface area contributed by atoms with Gasteiger partial charge in [0.05, 0.1) is 26.6 Å². The van der Waals surface area contributed by atoms with Crippen molar-refractivity contribution >= 4 is 50.1 Å². The minimum absolute atomic E-state index is 0.0459. The van der Waals surface area contributed by atoms with E-state index in [1.165, 1.54) is 0 Å². The zero-order valence-corrected chi connectivity index (χ0v) is 20.2. The van der Waals surface area contributed by atoms with Crippen LogP contribution in [0, 0.1) is 6.92 Å². The Morgan fingerprint density at radius 3 is 2.56 bits per heavy atom. The Morgan fingerprint density at radius 2 is 1.81 bits per heavy atom.